The monoisotopic (exact) mass is 455 g/mol. The summed E-state index contributed by atoms with van der Waals surface area (Å²) >= 11 is 0. The standard InChI is InChI=1S/C27H37NO5/c1-7-24(32-22-16-12-9-13-17-22)23(18-21-14-10-8-11-15-21)20(3)31-25(29)19(2)28-26(30)33-27(4,5)6/h8-17,19-20,23-24H,7,18H2,1-6H3,(H,28,30)/t19-,20-,23-,24-/m0/s1. The van der Waals surface area contributed by atoms with Gasteiger partial charge in [0.15, 0.2) is 0 Å². The number of carbonyl (C=O) groups is 2. The molecule has 0 bridgehead atoms. The third-order valence-electron chi connectivity index (χ3n) is 5.22. The molecule has 2 aromatic rings. The molecule has 1 amide bonds. The summed E-state index contributed by atoms with van der Waals surface area (Å²) in [4.78, 5) is 24.8. The molecule has 4 atom stereocenters. The van der Waals surface area contributed by atoms with Gasteiger partial charge in [0.05, 0.1) is 0 Å². The van der Waals surface area contributed by atoms with Gasteiger partial charge in [-0.05, 0) is 65.2 Å². The number of hydrogen-bond donors (Lipinski definition) is 1. The van der Waals surface area contributed by atoms with Crippen LogP contribution in [0.1, 0.15) is 53.5 Å². The molecule has 0 radical (unpaired) electrons. The molecule has 1 N–H and O–H groups in total. The SMILES string of the molecule is CC[C@H](Oc1ccccc1)[C@@H](Cc1ccccc1)[C@H](C)OC(=O)[C@H](C)NC(=O)OC(C)(C)C. The Morgan fingerprint density at radius 3 is 2.06 bits per heavy atom. The second-order valence-corrected chi connectivity index (χ2v) is 9.24. The van der Waals surface area contributed by atoms with Crippen LogP contribution in [-0.2, 0) is 20.7 Å². The average Bonchev–Trinajstić information content (AvgIpc) is 2.76. The van der Waals surface area contributed by atoms with Crippen molar-refractivity contribution in [2.24, 2.45) is 5.92 Å². The van der Waals surface area contributed by atoms with Crippen LogP contribution in [-0.4, -0.2) is 35.9 Å². The van der Waals surface area contributed by atoms with Crippen LogP contribution in [0.3, 0.4) is 0 Å². The first kappa shape index (κ1) is 26.2. The van der Waals surface area contributed by atoms with E-state index < -0.39 is 29.8 Å². The average molecular weight is 456 g/mol. The zero-order valence-electron chi connectivity index (χ0n) is 20.5. The van der Waals surface area contributed by atoms with Gasteiger partial charge in [0.2, 0.25) is 0 Å². The van der Waals surface area contributed by atoms with Crippen LogP contribution in [0.5, 0.6) is 5.75 Å². The van der Waals surface area contributed by atoms with Crippen molar-refractivity contribution in [2.75, 3.05) is 0 Å². The number of carbonyl (C=O) groups excluding carboxylic acids is 2. The van der Waals surface area contributed by atoms with Crippen LogP contribution in [0.15, 0.2) is 60.7 Å². The Bertz CT molecular complexity index is 863. The summed E-state index contributed by atoms with van der Waals surface area (Å²) < 4.78 is 17.3. The highest BCUT2D eigenvalue weighted by Crippen LogP contribution is 2.26. The Hall–Kier alpha value is -3.02. The third kappa shape index (κ3) is 9.16. The largest absolute Gasteiger partial charge is 0.490 e. The molecule has 6 nitrogen and oxygen atoms in total. The lowest BCUT2D eigenvalue weighted by Crippen LogP contribution is -2.45. The minimum absolute atomic E-state index is 0.0877. The van der Waals surface area contributed by atoms with E-state index in [1.165, 1.54) is 0 Å². The number of amides is 1. The van der Waals surface area contributed by atoms with E-state index in [1.807, 2.05) is 55.5 Å². The summed E-state index contributed by atoms with van der Waals surface area (Å²) in [5.74, 6) is 0.178. The van der Waals surface area contributed by atoms with Gasteiger partial charge in [0.1, 0.15) is 29.6 Å². The fraction of sp³-hybridized carbons (Fsp3) is 0.481. The molecule has 0 aliphatic heterocycles. The summed E-state index contributed by atoms with van der Waals surface area (Å²) in [5, 5.41) is 2.55. The summed E-state index contributed by atoms with van der Waals surface area (Å²) in [6, 6.07) is 18.9. The van der Waals surface area contributed by atoms with Crippen molar-refractivity contribution in [1.29, 1.82) is 0 Å². The van der Waals surface area contributed by atoms with Crippen LogP contribution in [0.25, 0.3) is 0 Å². The molecule has 0 fully saturated rings. The van der Waals surface area contributed by atoms with Crippen LogP contribution >= 0.6 is 0 Å². The van der Waals surface area contributed by atoms with E-state index in [4.69, 9.17) is 14.2 Å². The van der Waals surface area contributed by atoms with Crippen LogP contribution in [0, 0.1) is 5.92 Å². The van der Waals surface area contributed by atoms with Crippen molar-refractivity contribution < 1.29 is 23.8 Å². The zero-order chi connectivity index (χ0) is 24.4. The van der Waals surface area contributed by atoms with Crippen molar-refractivity contribution in [3.05, 3.63) is 66.2 Å². The molecule has 0 aliphatic rings. The summed E-state index contributed by atoms with van der Waals surface area (Å²) in [7, 11) is 0. The molecular weight excluding hydrogens is 418 g/mol. The quantitative estimate of drug-likeness (QED) is 0.476. The molecule has 0 saturated carbocycles. The first-order valence-corrected chi connectivity index (χ1v) is 11.5. The first-order valence-electron chi connectivity index (χ1n) is 11.5. The van der Waals surface area contributed by atoms with Gasteiger partial charge in [-0.25, -0.2) is 9.59 Å². The molecular formula is C27H37NO5. The lowest BCUT2D eigenvalue weighted by Gasteiger charge is -2.32. The second-order valence-electron chi connectivity index (χ2n) is 9.24. The Morgan fingerprint density at radius 2 is 1.52 bits per heavy atom. The number of alkyl carbamates (subject to hydrolysis) is 1. The highest BCUT2D eigenvalue weighted by molar-refractivity contribution is 5.81. The summed E-state index contributed by atoms with van der Waals surface area (Å²) in [5.41, 5.74) is 0.491. The van der Waals surface area contributed by atoms with E-state index in [0.717, 1.165) is 17.7 Å². The maximum atomic E-state index is 12.7. The van der Waals surface area contributed by atoms with Crippen LogP contribution in [0.4, 0.5) is 4.79 Å². The van der Waals surface area contributed by atoms with Crippen LogP contribution < -0.4 is 10.1 Å². The van der Waals surface area contributed by atoms with Crippen molar-refractivity contribution in [1.82, 2.24) is 5.32 Å². The highest BCUT2D eigenvalue weighted by Gasteiger charge is 2.32. The summed E-state index contributed by atoms with van der Waals surface area (Å²) in [6.45, 7) is 10.8. The molecule has 0 saturated heterocycles. The van der Waals surface area contributed by atoms with E-state index in [9.17, 15) is 9.59 Å². The minimum Gasteiger partial charge on any atom is -0.490 e. The van der Waals surface area contributed by atoms with Gasteiger partial charge in [-0.2, -0.15) is 0 Å². The van der Waals surface area contributed by atoms with Crippen molar-refractivity contribution in [3.63, 3.8) is 0 Å². The van der Waals surface area contributed by atoms with Gasteiger partial charge >= 0.3 is 12.1 Å². The molecule has 0 spiro atoms. The topological polar surface area (TPSA) is 73.9 Å². The Kier molecular flexibility index (Phi) is 9.76. The van der Waals surface area contributed by atoms with Gasteiger partial charge in [-0.15, -0.1) is 0 Å². The van der Waals surface area contributed by atoms with E-state index in [1.54, 1.807) is 27.7 Å². The smallest absolute Gasteiger partial charge is 0.408 e. The molecule has 0 aromatic heterocycles. The Morgan fingerprint density at radius 1 is 0.939 bits per heavy atom. The van der Waals surface area contributed by atoms with Crippen molar-refractivity contribution in [2.45, 2.75) is 78.2 Å². The van der Waals surface area contributed by atoms with Crippen LogP contribution in [0.2, 0.25) is 0 Å². The molecule has 0 aliphatic carbocycles. The zero-order valence-corrected chi connectivity index (χ0v) is 20.5. The molecule has 2 rings (SSSR count). The van der Waals surface area contributed by atoms with Gasteiger partial charge in [-0.1, -0.05) is 55.5 Å². The van der Waals surface area contributed by atoms with Gasteiger partial charge in [0, 0.05) is 5.92 Å². The molecule has 180 valence electrons. The second kappa shape index (κ2) is 12.3. The van der Waals surface area contributed by atoms with E-state index >= 15 is 0 Å². The first-order chi connectivity index (χ1) is 15.6. The van der Waals surface area contributed by atoms with Crippen molar-refractivity contribution in [3.8, 4) is 5.75 Å². The molecule has 0 heterocycles. The van der Waals surface area contributed by atoms with Gasteiger partial charge in [-0.3, -0.25) is 0 Å². The highest BCUT2D eigenvalue weighted by atomic mass is 16.6. The van der Waals surface area contributed by atoms with E-state index in [0.29, 0.717) is 6.42 Å². The van der Waals surface area contributed by atoms with E-state index in [2.05, 4.69) is 24.4 Å². The summed E-state index contributed by atoms with van der Waals surface area (Å²) in [6.07, 6.45) is 0.187. The number of para-hydroxylation sites is 1. The predicted molar refractivity (Wildman–Crippen MR) is 129 cm³/mol. The fourth-order valence-corrected chi connectivity index (χ4v) is 3.55. The third-order valence-corrected chi connectivity index (χ3v) is 5.22. The lowest BCUT2D eigenvalue weighted by molar-refractivity contribution is -0.154. The normalized spacial score (nSPS) is 15.0. The maximum Gasteiger partial charge on any atom is 0.408 e. The van der Waals surface area contributed by atoms with Crippen molar-refractivity contribution >= 4 is 12.1 Å². The van der Waals surface area contributed by atoms with Gasteiger partial charge < -0.3 is 19.5 Å². The minimum atomic E-state index is -0.838. The number of nitrogens with one attached hydrogen (secondary N) is 1. The van der Waals surface area contributed by atoms with Gasteiger partial charge in [0.25, 0.3) is 0 Å². The number of esters is 1. The molecule has 33 heavy (non-hydrogen) atoms. The lowest BCUT2D eigenvalue weighted by atomic mass is 9.88. The molecule has 2 aromatic carbocycles. The molecule has 0 unspecified atom stereocenters. The Labute approximate surface area is 197 Å². The number of hydrogen-bond acceptors (Lipinski definition) is 5. The predicted octanol–water partition coefficient (Wildman–Crippen LogP) is 5.55. The maximum absolute atomic E-state index is 12.7. The molecule has 6 heteroatoms. The number of rotatable bonds is 10. The fourth-order valence-electron chi connectivity index (χ4n) is 3.55. The Balaban J connectivity index is 2.12. The van der Waals surface area contributed by atoms with E-state index in [-0.39, 0.29) is 12.0 Å². The number of benzene rings is 2. The number of ether oxygens (including phenoxy) is 3.